The third kappa shape index (κ3) is 8.21. The summed E-state index contributed by atoms with van der Waals surface area (Å²) >= 11 is 0. The van der Waals surface area contributed by atoms with Crippen molar-refractivity contribution in [2.45, 2.75) is 74.8 Å². The normalized spacial score (nSPS) is 32.0. The number of ether oxygens (including phenoxy) is 6. The van der Waals surface area contributed by atoms with E-state index in [4.69, 9.17) is 28.4 Å². The minimum Gasteiger partial charge on any atom is -0.504 e. The zero-order valence-electron chi connectivity index (χ0n) is 24.4. The van der Waals surface area contributed by atoms with Gasteiger partial charge in [0.2, 0.25) is 0 Å². The van der Waals surface area contributed by atoms with E-state index in [0.29, 0.717) is 11.1 Å². The van der Waals surface area contributed by atoms with Gasteiger partial charge in [0.25, 0.3) is 0 Å². The number of rotatable bonds is 11. The highest BCUT2D eigenvalue weighted by molar-refractivity contribution is 5.87. The van der Waals surface area contributed by atoms with Crippen molar-refractivity contribution in [1.29, 1.82) is 0 Å². The lowest BCUT2D eigenvalue weighted by molar-refractivity contribution is -0.357. The molecular weight excluding hydrogens is 600 g/mol. The average molecular weight is 639 g/mol. The molecule has 15 heteroatoms. The van der Waals surface area contributed by atoms with E-state index in [2.05, 4.69) is 0 Å². The van der Waals surface area contributed by atoms with Crippen LogP contribution in [0.5, 0.6) is 23.0 Å². The van der Waals surface area contributed by atoms with Gasteiger partial charge in [0.15, 0.2) is 41.7 Å². The zero-order valence-corrected chi connectivity index (χ0v) is 24.4. The summed E-state index contributed by atoms with van der Waals surface area (Å²) in [6, 6.07) is 8.60. The summed E-state index contributed by atoms with van der Waals surface area (Å²) in [5.74, 6) is -1.53. The maximum Gasteiger partial charge on any atom is 0.331 e. The van der Waals surface area contributed by atoms with Gasteiger partial charge in [-0.25, -0.2) is 4.79 Å². The lowest BCUT2D eigenvalue weighted by Crippen LogP contribution is -2.65. The average Bonchev–Trinajstić information content (AvgIpc) is 3.02. The molecule has 0 aliphatic carbocycles. The molecule has 248 valence electrons. The molecule has 0 aromatic heterocycles. The van der Waals surface area contributed by atoms with Gasteiger partial charge in [-0.1, -0.05) is 12.1 Å². The molecule has 4 rings (SSSR count). The van der Waals surface area contributed by atoms with Gasteiger partial charge in [0.1, 0.15) is 36.6 Å². The number of hydrogen-bond donors (Lipinski definition) is 8. The van der Waals surface area contributed by atoms with Crippen LogP contribution in [0.4, 0.5) is 0 Å². The number of esters is 1. The Morgan fingerprint density at radius 3 is 2.29 bits per heavy atom. The molecule has 10 unspecified atom stereocenters. The SMILES string of the molecule is COc1ccc(CCOC2OC(CO)C(OC(=O)/C=C/c3ccc(O)c(O)c3)C(OC3OC(C)C(O)C(O)C3O)C2O)cc1O. The van der Waals surface area contributed by atoms with Crippen molar-refractivity contribution >= 4 is 12.0 Å². The van der Waals surface area contributed by atoms with Gasteiger partial charge >= 0.3 is 5.97 Å². The van der Waals surface area contributed by atoms with Crippen molar-refractivity contribution in [3.05, 3.63) is 53.6 Å². The summed E-state index contributed by atoms with van der Waals surface area (Å²) < 4.78 is 33.4. The number of carbonyl (C=O) groups excluding carboxylic acids is 1. The molecule has 0 amide bonds. The highest BCUT2D eigenvalue weighted by atomic mass is 16.7. The molecule has 2 aliphatic heterocycles. The van der Waals surface area contributed by atoms with Crippen LogP contribution < -0.4 is 4.74 Å². The quantitative estimate of drug-likeness (QED) is 0.0862. The van der Waals surface area contributed by atoms with E-state index in [-0.39, 0.29) is 30.3 Å². The third-order valence-corrected chi connectivity index (χ3v) is 7.47. The highest BCUT2D eigenvalue weighted by Gasteiger charge is 2.52. The molecule has 2 saturated heterocycles. The Labute approximate surface area is 258 Å². The van der Waals surface area contributed by atoms with Crippen molar-refractivity contribution in [2.24, 2.45) is 0 Å². The molecule has 2 aromatic rings. The van der Waals surface area contributed by atoms with Crippen molar-refractivity contribution in [3.63, 3.8) is 0 Å². The Bertz CT molecular complexity index is 1320. The van der Waals surface area contributed by atoms with E-state index < -0.39 is 79.7 Å². The van der Waals surface area contributed by atoms with Crippen LogP contribution in [0.25, 0.3) is 6.08 Å². The summed E-state index contributed by atoms with van der Waals surface area (Å²) in [5, 5.41) is 81.5. The maximum atomic E-state index is 12.8. The molecule has 10 atom stereocenters. The van der Waals surface area contributed by atoms with Crippen LogP contribution in [-0.2, 0) is 34.9 Å². The van der Waals surface area contributed by atoms with E-state index in [1.165, 1.54) is 44.4 Å². The molecule has 15 nitrogen and oxygen atoms in total. The molecule has 0 bridgehead atoms. The van der Waals surface area contributed by atoms with E-state index in [1.807, 2.05) is 0 Å². The van der Waals surface area contributed by atoms with Gasteiger partial charge in [-0.05, 0) is 54.8 Å². The van der Waals surface area contributed by atoms with Crippen LogP contribution >= 0.6 is 0 Å². The van der Waals surface area contributed by atoms with Gasteiger partial charge < -0.3 is 69.3 Å². The molecule has 2 aliphatic rings. The summed E-state index contributed by atoms with van der Waals surface area (Å²) in [7, 11) is 1.42. The molecule has 45 heavy (non-hydrogen) atoms. The fraction of sp³-hybridized carbons (Fsp3) is 0.500. The topological polar surface area (TPSA) is 234 Å². The number of hydrogen-bond acceptors (Lipinski definition) is 15. The Morgan fingerprint density at radius 2 is 1.62 bits per heavy atom. The van der Waals surface area contributed by atoms with Crippen LogP contribution in [0.3, 0.4) is 0 Å². The Morgan fingerprint density at radius 1 is 0.867 bits per heavy atom. The van der Waals surface area contributed by atoms with E-state index >= 15 is 0 Å². The molecule has 8 N–H and O–H groups in total. The number of carbonyl (C=O) groups is 1. The van der Waals surface area contributed by atoms with Crippen LogP contribution in [-0.4, -0.2) is 129 Å². The lowest BCUT2D eigenvalue weighted by atomic mass is 9.97. The first kappa shape index (κ1) is 34.4. The Kier molecular flexibility index (Phi) is 11.6. The second kappa shape index (κ2) is 15.2. The largest absolute Gasteiger partial charge is 0.504 e. The predicted molar refractivity (Wildman–Crippen MR) is 152 cm³/mol. The second-order valence-corrected chi connectivity index (χ2v) is 10.6. The zero-order chi connectivity index (χ0) is 32.8. The van der Waals surface area contributed by atoms with E-state index in [0.717, 1.165) is 6.08 Å². The highest BCUT2D eigenvalue weighted by Crippen LogP contribution is 2.32. The monoisotopic (exact) mass is 638 g/mol. The fourth-order valence-corrected chi connectivity index (χ4v) is 4.92. The standard InChI is InChI=1S/C30H38O15/c1-14-23(36)24(37)25(38)30(42-14)45-28-26(39)29(41-10-9-16-4-7-20(40-2)19(34)12-16)43-21(13-31)27(28)44-22(35)8-5-15-3-6-17(32)18(33)11-15/h3-8,11-12,14,21,23-34,36-39H,9-10,13H2,1-2H3/b8-5+. The summed E-state index contributed by atoms with van der Waals surface area (Å²) in [5.41, 5.74) is 1.01. The van der Waals surface area contributed by atoms with Crippen LogP contribution in [0, 0.1) is 0 Å². The van der Waals surface area contributed by atoms with E-state index in [9.17, 15) is 45.6 Å². The van der Waals surface area contributed by atoms with Crippen LogP contribution in [0.2, 0.25) is 0 Å². The smallest absolute Gasteiger partial charge is 0.331 e. The number of aliphatic hydroxyl groups excluding tert-OH is 5. The summed E-state index contributed by atoms with van der Waals surface area (Å²) in [6.07, 6.45) is -12.4. The molecule has 2 fully saturated rings. The number of phenolic OH excluding ortho intramolecular Hbond substituents is 3. The predicted octanol–water partition coefficient (Wildman–Crippen LogP) is -0.713. The van der Waals surface area contributed by atoms with E-state index in [1.54, 1.807) is 12.1 Å². The number of aliphatic hydroxyl groups is 5. The molecular formula is C30H38O15. The number of aromatic hydroxyl groups is 3. The Hall–Kier alpha value is -3.51. The second-order valence-electron chi connectivity index (χ2n) is 10.6. The third-order valence-electron chi connectivity index (χ3n) is 7.47. The van der Waals surface area contributed by atoms with Crippen molar-refractivity contribution in [3.8, 4) is 23.0 Å². The number of benzene rings is 2. The number of methoxy groups -OCH3 is 1. The minimum atomic E-state index is -1.76. The minimum absolute atomic E-state index is 0.0322. The van der Waals surface area contributed by atoms with Crippen molar-refractivity contribution in [1.82, 2.24) is 0 Å². The summed E-state index contributed by atoms with van der Waals surface area (Å²) in [6.45, 7) is 0.674. The fourth-order valence-electron chi connectivity index (χ4n) is 4.92. The van der Waals surface area contributed by atoms with Crippen LogP contribution in [0.15, 0.2) is 42.5 Å². The molecule has 2 aromatic carbocycles. The number of phenols is 3. The first-order valence-corrected chi connectivity index (χ1v) is 14.1. The van der Waals surface area contributed by atoms with Gasteiger partial charge in [-0.15, -0.1) is 0 Å². The van der Waals surface area contributed by atoms with Gasteiger partial charge in [-0.2, -0.15) is 0 Å². The maximum absolute atomic E-state index is 12.8. The van der Waals surface area contributed by atoms with Crippen molar-refractivity contribution < 1.29 is 74.1 Å². The van der Waals surface area contributed by atoms with Crippen LogP contribution in [0.1, 0.15) is 18.1 Å². The van der Waals surface area contributed by atoms with Gasteiger partial charge in [0.05, 0.1) is 26.4 Å². The lowest BCUT2D eigenvalue weighted by Gasteiger charge is -2.46. The summed E-state index contributed by atoms with van der Waals surface area (Å²) in [4.78, 5) is 12.8. The molecule has 0 saturated carbocycles. The molecule has 2 heterocycles. The first-order chi connectivity index (χ1) is 21.4. The van der Waals surface area contributed by atoms with Gasteiger partial charge in [0, 0.05) is 6.08 Å². The molecule has 0 spiro atoms. The molecule has 0 radical (unpaired) electrons. The van der Waals surface area contributed by atoms with Crippen molar-refractivity contribution in [2.75, 3.05) is 20.3 Å². The van der Waals surface area contributed by atoms with Gasteiger partial charge in [-0.3, -0.25) is 0 Å². The first-order valence-electron chi connectivity index (χ1n) is 14.1. The Balaban J connectivity index is 1.52.